The van der Waals surface area contributed by atoms with Gasteiger partial charge in [-0.15, -0.1) is 0 Å². The molecule has 1 heterocycles. The Labute approximate surface area is 187 Å². The summed E-state index contributed by atoms with van der Waals surface area (Å²) in [6.45, 7) is 1.27. The van der Waals surface area contributed by atoms with Crippen LogP contribution in [0, 0.1) is 11.6 Å². The van der Waals surface area contributed by atoms with Gasteiger partial charge in [0, 0.05) is 13.0 Å². The van der Waals surface area contributed by atoms with E-state index in [1.54, 1.807) is 0 Å². The lowest BCUT2D eigenvalue weighted by molar-refractivity contribution is -0.121. The minimum Gasteiger partial charge on any atom is -0.431 e. The monoisotopic (exact) mass is 472 g/mol. The van der Waals surface area contributed by atoms with E-state index in [1.807, 2.05) is 6.26 Å². The van der Waals surface area contributed by atoms with Crippen LogP contribution in [0.3, 0.4) is 0 Å². The Hall–Kier alpha value is -2.70. The van der Waals surface area contributed by atoms with Crippen LogP contribution in [0.5, 0.6) is 0 Å². The van der Waals surface area contributed by atoms with Crippen molar-refractivity contribution in [2.45, 2.75) is 44.1 Å². The van der Waals surface area contributed by atoms with Gasteiger partial charge in [-0.05, 0) is 42.5 Å². The standard InChI is InChI=1S/C20H26F2N4O5S/c1-10(27)24-14(3-4-32-2)17(28)18(29)15(7-11-5-12(21)8-13(22)6-11)25-19(30)16-9-31-20(23)26-16/h5-6,8-9,14-15,17-18,28-29H,3-4,7H2,1-2H3,(H2,23,26)(H,24,27)(H,25,30)/t14-,15+,17-,18-/m1/s1. The topological polar surface area (TPSA) is 151 Å². The summed E-state index contributed by atoms with van der Waals surface area (Å²) in [6, 6.07) is 0.532. The van der Waals surface area contributed by atoms with Crippen molar-refractivity contribution in [3.8, 4) is 0 Å². The van der Waals surface area contributed by atoms with Gasteiger partial charge in [0.05, 0.1) is 12.1 Å². The molecule has 0 aliphatic heterocycles. The summed E-state index contributed by atoms with van der Waals surface area (Å²) in [5.74, 6) is -2.27. The van der Waals surface area contributed by atoms with Crippen molar-refractivity contribution in [2.24, 2.45) is 0 Å². The van der Waals surface area contributed by atoms with E-state index in [2.05, 4.69) is 15.6 Å². The number of amides is 2. The van der Waals surface area contributed by atoms with Crippen LogP contribution in [0.25, 0.3) is 0 Å². The predicted molar refractivity (Wildman–Crippen MR) is 115 cm³/mol. The number of nitrogens with zero attached hydrogens (tertiary/aromatic N) is 1. The molecule has 2 rings (SSSR count). The summed E-state index contributed by atoms with van der Waals surface area (Å²) < 4.78 is 32.1. The van der Waals surface area contributed by atoms with Crippen LogP contribution in [-0.4, -0.2) is 63.3 Å². The maximum atomic E-state index is 13.7. The van der Waals surface area contributed by atoms with Crippen LogP contribution >= 0.6 is 11.8 Å². The Balaban J connectivity index is 2.29. The highest BCUT2D eigenvalue weighted by Crippen LogP contribution is 2.17. The molecule has 1 aromatic heterocycles. The van der Waals surface area contributed by atoms with Crippen molar-refractivity contribution in [1.82, 2.24) is 15.6 Å². The zero-order chi connectivity index (χ0) is 23.8. The number of halogens is 2. The maximum absolute atomic E-state index is 13.7. The van der Waals surface area contributed by atoms with Crippen molar-refractivity contribution in [3.63, 3.8) is 0 Å². The highest BCUT2D eigenvalue weighted by molar-refractivity contribution is 7.98. The average molecular weight is 473 g/mol. The number of benzene rings is 1. The number of aromatic nitrogens is 1. The molecule has 2 aromatic rings. The number of nitrogens with two attached hydrogens (primary N) is 1. The summed E-state index contributed by atoms with van der Waals surface area (Å²) in [6.07, 6.45) is -0.121. The summed E-state index contributed by atoms with van der Waals surface area (Å²) in [4.78, 5) is 27.8. The van der Waals surface area contributed by atoms with Crippen LogP contribution in [0.2, 0.25) is 0 Å². The number of carbonyl (C=O) groups is 2. The molecule has 1 aromatic carbocycles. The van der Waals surface area contributed by atoms with Gasteiger partial charge >= 0.3 is 0 Å². The molecule has 4 atom stereocenters. The average Bonchev–Trinajstić information content (AvgIpc) is 3.15. The fourth-order valence-corrected chi connectivity index (χ4v) is 3.67. The number of aliphatic hydroxyl groups is 2. The molecular formula is C20H26F2N4O5S. The van der Waals surface area contributed by atoms with Gasteiger partial charge in [0.2, 0.25) is 5.91 Å². The lowest BCUT2D eigenvalue weighted by Gasteiger charge is -2.32. The van der Waals surface area contributed by atoms with Crippen LogP contribution < -0.4 is 16.4 Å². The van der Waals surface area contributed by atoms with E-state index in [4.69, 9.17) is 10.2 Å². The van der Waals surface area contributed by atoms with Crippen molar-refractivity contribution in [1.29, 1.82) is 0 Å². The highest BCUT2D eigenvalue weighted by Gasteiger charge is 2.34. The van der Waals surface area contributed by atoms with Gasteiger partial charge in [-0.1, -0.05) is 0 Å². The van der Waals surface area contributed by atoms with Crippen LogP contribution in [0.1, 0.15) is 29.4 Å². The molecule has 176 valence electrons. The van der Waals surface area contributed by atoms with Crippen molar-refractivity contribution in [2.75, 3.05) is 17.7 Å². The van der Waals surface area contributed by atoms with Gasteiger partial charge < -0.3 is 31.0 Å². The van der Waals surface area contributed by atoms with Crippen molar-refractivity contribution >= 4 is 29.6 Å². The van der Waals surface area contributed by atoms with E-state index in [9.17, 15) is 28.6 Å². The molecule has 0 bridgehead atoms. The summed E-state index contributed by atoms with van der Waals surface area (Å²) >= 11 is 1.48. The Morgan fingerprint density at radius 1 is 1.16 bits per heavy atom. The number of nitrogens with one attached hydrogen (secondary N) is 2. The normalized spacial score (nSPS) is 14.9. The second-order valence-electron chi connectivity index (χ2n) is 7.20. The summed E-state index contributed by atoms with van der Waals surface area (Å²) in [7, 11) is 0. The van der Waals surface area contributed by atoms with Gasteiger partial charge in [0.15, 0.2) is 5.69 Å². The number of carbonyl (C=O) groups excluding carboxylic acids is 2. The minimum atomic E-state index is -1.60. The molecule has 0 saturated carbocycles. The number of hydrogen-bond acceptors (Lipinski definition) is 8. The molecule has 2 amide bonds. The Morgan fingerprint density at radius 2 is 1.78 bits per heavy atom. The zero-order valence-corrected chi connectivity index (χ0v) is 18.4. The third-order valence-corrected chi connectivity index (χ3v) is 5.29. The quantitative estimate of drug-likeness (QED) is 0.323. The number of anilines is 1. The SMILES string of the molecule is CSCC[C@@H](NC(C)=O)[C@@H](O)[C@H](O)[C@H](Cc1cc(F)cc(F)c1)NC(=O)c1coc(N)n1. The second-order valence-corrected chi connectivity index (χ2v) is 8.19. The van der Waals surface area contributed by atoms with Crippen LogP contribution in [0.4, 0.5) is 14.8 Å². The fourth-order valence-electron chi connectivity index (χ4n) is 3.18. The Bertz CT molecular complexity index is 909. The van der Waals surface area contributed by atoms with E-state index < -0.39 is 47.7 Å². The number of hydrogen-bond donors (Lipinski definition) is 5. The number of nitrogen functional groups attached to an aromatic ring is 1. The van der Waals surface area contributed by atoms with Crippen LogP contribution in [0.15, 0.2) is 28.9 Å². The molecule has 0 fully saturated rings. The number of aliphatic hydroxyl groups excluding tert-OH is 2. The third-order valence-electron chi connectivity index (χ3n) is 4.65. The first-order chi connectivity index (χ1) is 15.1. The van der Waals surface area contributed by atoms with Gasteiger partial charge in [-0.25, -0.2) is 8.78 Å². The molecule has 0 radical (unpaired) electrons. The minimum absolute atomic E-state index is 0.138. The lowest BCUT2D eigenvalue weighted by atomic mass is 9.92. The third kappa shape index (κ3) is 7.46. The molecular weight excluding hydrogens is 446 g/mol. The number of rotatable bonds is 11. The van der Waals surface area contributed by atoms with E-state index in [1.165, 1.54) is 18.7 Å². The molecule has 6 N–H and O–H groups in total. The number of thioether (sulfide) groups is 1. The van der Waals surface area contributed by atoms with Crippen LogP contribution in [-0.2, 0) is 11.2 Å². The molecule has 0 aliphatic carbocycles. The smallest absolute Gasteiger partial charge is 0.292 e. The Morgan fingerprint density at radius 3 is 2.31 bits per heavy atom. The first-order valence-corrected chi connectivity index (χ1v) is 11.1. The number of oxazole rings is 1. The Kier molecular flexibility index (Phi) is 9.42. The highest BCUT2D eigenvalue weighted by atomic mass is 32.2. The maximum Gasteiger partial charge on any atom is 0.292 e. The van der Waals surface area contributed by atoms with E-state index in [0.29, 0.717) is 18.2 Å². The lowest BCUT2D eigenvalue weighted by Crippen LogP contribution is -2.56. The summed E-state index contributed by atoms with van der Waals surface area (Å²) in [5, 5.41) is 26.7. The molecule has 0 spiro atoms. The molecule has 9 nitrogen and oxygen atoms in total. The first-order valence-electron chi connectivity index (χ1n) is 9.69. The molecule has 0 saturated heterocycles. The van der Waals surface area contributed by atoms with E-state index in [0.717, 1.165) is 18.4 Å². The zero-order valence-electron chi connectivity index (χ0n) is 17.5. The molecule has 0 unspecified atom stereocenters. The first kappa shape index (κ1) is 25.6. The van der Waals surface area contributed by atoms with Gasteiger partial charge in [0.25, 0.3) is 11.9 Å². The van der Waals surface area contributed by atoms with Gasteiger partial charge in [-0.2, -0.15) is 16.7 Å². The molecule has 0 aliphatic rings. The largest absolute Gasteiger partial charge is 0.431 e. The molecule has 12 heteroatoms. The summed E-state index contributed by atoms with van der Waals surface area (Å²) in [5.41, 5.74) is 5.33. The van der Waals surface area contributed by atoms with Crippen molar-refractivity contribution < 1.29 is 33.0 Å². The van der Waals surface area contributed by atoms with E-state index in [-0.39, 0.29) is 23.7 Å². The van der Waals surface area contributed by atoms with Crippen molar-refractivity contribution in [3.05, 3.63) is 47.4 Å². The molecule has 32 heavy (non-hydrogen) atoms. The predicted octanol–water partition coefficient (Wildman–Crippen LogP) is 0.856. The van der Waals surface area contributed by atoms with Gasteiger partial charge in [-0.3, -0.25) is 9.59 Å². The van der Waals surface area contributed by atoms with E-state index >= 15 is 0 Å². The fraction of sp³-hybridized carbons (Fsp3) is 0.450. The second kappa shape index (κ2) is 11.8. The van der Waals surface area contributed by atoms with Gasteiger partial charge in [0.1, 0.15) is 30.1 Å².